The van der Waals surface area contributed by atoms with Gasteiger partial charge in [-0.25, -0.2) is 18.9 Å². The summed E-state index contributed by atoms with van der Waals surface area (Å²) in [5, 5.41) is 4.50. The summed E-state index contributed by atoms with van der Waals surface area (Å²) < 4.78 is 3.03. The zero-order valence-corrected chi connectivity index (χ0v) is 12.7. The third-order valence-electron chi connectivity index (χ3n) is 4.18. The van der Waals surface area contributed by atoms with E-state index in [2.05, 4.69) is 15.0 Å². The van der Waals surface area contributed by atoms with Crippen LogP contribution in [0.1, 0.15) is 12.0 Å². The predicted molar refractivity (Wildman–Crippen MR) is 87.6 cm³/mol. The molecule has 7 nitrogen and oxygen atoms in total. The van der Waals surface area contributed by atoms with Crippen molar-refractivity contribution in [2.75, 3.05) is 18.0 Å². The Balaban J connectivity index is 1.76. The third kappa shape index (κ3) is 2.49. The number of hydrogen-bond acceptors (Lipinski definition) is 5. The van der Waals surface area contributed by atoms with Gasteiger partial charge in [0.05, 0.1) is 6.54 Å². The molecule has 0 radical (unpaired) electrons. The lowest BCUT2D eigenvalue weighted by atomic mass is 10.2. The molecule has 23 heavy (non-hydrogen) atoms. The van der Waals surface area contributed by atoms with Gasteiger partial charge in [0.15, 0.2) is 5.82 Å². The number of nitrogens with zero attached hydrogens (tertiary/aromatic N) is 5. The van der Waals surface area contributed by atoms with Gasteiger partial charge in [0.2, 0.25) is 5.65 Å². The Morgan fingerprint density at radius 3 is 2.83 bits per heavy atom. The minimum absolute atomic E-state index is 0.148. The number of nitrogens with two attached hydrogens (primary N) is 1. The monoisotopic (exact) mass is 310 g/mol. The van der Waals surface area contributed by atoms with Gasteiger partial charge in [-0.1, -0.05) is 30.3 Å². The SMILES string of the molecule is N[C@H]1CCN(c2nccn3c(=O)n(Cc4ccccc4)nc23)C1. The molecule has 0 spiro atoms. The minimum atomic E-state index is -0.156. The first-order valence-corrected chi connectivity index (χ1v) is 7.71. The Hall–Kier alpha value is -2.67. The molecule has 0 amide bonds. The highest BCUT2D eigenvalue weighted by Crippen LogP contribution is 2.20. The van der Waals surface area contributed by atoms with E-state index in [-0.39, 0.29) is 11.7 Å². The van der Waals surface area contributed by atoms with Crippen molar-refractivity contribution in [1.82, 2.24) is 19.2 Å². The van der Waals surface area contributed by atoms with Crippen LogP contribution in [0.2, 0.25) is 0 Å². The first-order chi connectivity index (χ1) is 11.2. The minimum Gasteiger partial charge on any atom is -0.352 e. The smallest absolute Gasteiger partial charge is 0.350 e. The maximum Gasteiger partial charge on any atom is 0.350 e. The van der Waals surface area contributed by atoms with Gasteiger partial charge >= 0.3 is 5.69 Å². The van der Waals surface area contributed by atoms with Gasteiger partial charge in [0.1, 0.15) is 0 Å². The van der Waals surface area contributed by atoms with Crippen LogP contribution in [-0.4, -0.2) is 38.3 Å². The van der Waals surface area contributed by atoms with Crippen molar-refractivity contribution in [2.24, 2.45) is 5.73 Å². The van der Waals surface area contributed by atoms with Crippen LogP contribution in [0.15, 0.2) is 47.5 Å². The molecule has 0 aliphatic carbocycles. The molecule has 1 atom stereocenters. The molecule has 7 heteroatoms. The second kappa shape index (κ2) is 5.51. The largest absolute Gasteiger partial charge is 0.352 e. The second-order valence-electron chi connectivity index (χ2n) is 5.87. The Morgan fingerprint density at radius 2 is 2.09 bits per heavy atom. The van der Waals surface area contributed by atoms with Crippen LogP contribution in [0, 0.1) is 0 Å². The van der Waals surface area contributed by atoms with Gasteiger partial charge in [-0.3, -0.25) is 0 Å². The molecular weight excluding hydrogens is 292 g/mol. The summed E-state index contributed by atoms with van der Waals surface area (Å²) in [5.41, 5.74) is 7.45. The lowest BCUT2D eigenvalue weighted by Gasteiger charge is -2.16. The maximum absolute atomic E-state index is 12.6. The highest BCUT2D eigenvalue weighted by Gasteiger charge is 2.24. The molecule has 3 aromatic rings. The molecule has 4 rings (SSSR count). The van der Waals surface area contributed by atoms with Gasteiger partial charge in [-0.05, 0) is 12.0 Å². The summed E-state index contributed by atoms with van der Waals surface area (Å²) in [6.45, 7) is 2.03. The summed E-state index contributed by atoms with van der Waals surface area (Å²) in [6, 6.07) is 9.97. The Morgan fingerprint density at radius 1 is 1.26 bits per heavy atom. The third-order valence-corrected chi connectivity index (χ3v) is 4.18. The number of fused-ring (bicyclic) bond motifs is 1. The number of rotatable bonds is 3. The second-order valence-corrected chi connectivity index (χ2v) is 5.87. The maximum atomic E-state index is 12.6. The standard InChI is InChI=1S/C16H18N6O/c17-13-6-8-20(11-13)14-15-19-22(10-12-4-2-1-3-5-12)16(23)21(15)9-7-18-14/h1-5,7,9,13H,6,8,10-11,17H2/t13-/m0/s1. The van der Waals surface area contributed by atoms with E-state index in [0.717, 1.165) is 30.9 Å². The zero-order valence-electron chi connectivity index (χ0n) is 12.7. The highest BCUT2D eigenvalue weighted by molar-refractivity contribution is 5.63. The lowest BCUT2D eigenvalue weighted by molar-refractivity contribution is 0.658. The molecule has 0 bridgehead atoms. The molecule has 1 aliphatic rings. The molecule has 0 unspecified atom stereocenters. The van der Waals surface area contributed by atoms with Crippen LogP contribution < -0.4 is 16.3 Å². The van der Waals surface area contributed by atoms with E-state index in [1.807, 2.05) is 30.3 Å². The summed E-state index contributed by atoms with van der Waals surface area (Å²) in [7, 11) is 0. The van der Waals surface area contributed by atoms with E-state index in [0.29, 0.717) is 12.2 Å². The van der Waals surface area contributed by atoms with Crippen molar-refractivity contribution in [3.63, 3.8) is 0 Å². The van der Waals surface area contributed by atoms with Crippen LogP contribution in [-0.2, 0) is 6.54 Å². The Kier molecular flexibility index (Phi) is 3.34. The molecule has 1 fully saturated rings. The summed E-state index contributed by atoms with van der Waals surface area (Å²) >= 11 is 0. The first kappa shape index (κ1) is 14.0. The first-order valence-electron chi connectivity index (χ1n) is 7.71. The highest BCUT2D eigenvalue weighted by atomic mass is 16.2. The average Bonchev–Trinajstić information content (AvgIpc) is 3.13. The molecule has 118 valence electrons. The van der Waals surface area contributed by atoms with Crippen molar-refractivity contribution in [1.29, 1.82) is 0 Å². The Labute approximate surface area is 133 Å². The van der Waals surface area contributed by atoms with Crippen molar-refractivity contribution >= 4 is 11.5 Å². The van der Waals surface area contributed by atoms with Crippen molar-refractivity contribution in [2.45, 2.75) is 19.0 Å². The molecule has 0 saturated carbocycles. The van der Waals surface area contributed by atoms with Crippen LogP contribution in [0.4, 0.5) is 5.82 Å². The molecule has 1 saturated heterocycles. The van der Waals surface area contributed by atoms with Crippen LogP contribution in [0.25, 0.3) is 5.65 Å². The van der Waals surface area contributed by atoms with E-state index >= 15 is 0 Å². The molecule has 1 aliphatic heterocycles. The van der Waals surface area contributed by atoms with E-state index in [9.17, 15) is 4.79 Å². The molecule has 3 heterocycles. The van der Waals surface area contributed by atoms with E-state index in [4.69, 9.17) is 5.73 Å². The fourth-order valence-electron chi connectivity index (χ4n) is 3.00. The molecule has 2 aromatic heterocycles. The van der Waals surface area contributed by atoms with E-state index < -0.39 is 0 Å². The quantitative estimate of drug-likeness (QED) is 0.761. The van der Waals surface area contributed by atoms with Gasteiger partial charge in [-0.2, -0.15) is 0 Å². The van der Waals surface area contributed by atoms with E-state index in [1.165, 1.54) is 4.68 Å². The van der Waals surface area contributed by atoms with Gasteiger partial charge in [-0.15, -0.1) is 5.10 Å². The van der Waals surface area contributed by atoms with Crippen molar-refractivity contribution < 1.29 is 0 Å². The number of benzene rings is 1. The van der Waals surface area contributed by atoms with Gasteiger partial charge in [0.25, 0.3) is 0 Å². The zero-order chi connectivity index (χ0) is 15.8. The Bertz CT molecular complexity index is 884. The van der Waals surface area contributed by atoms with Gasteiger partial charge in [0, 0.05) is 31.5 Å². The van der Waals surface area contributed by atoms with Crippen molar-refractivity contribution in [3.8, 4) is 0 Å². The summed E-state index contributed by atoms with van der Waals surface area (Å²) in [5.74, 6) is 0.726. The van der Waals surface area contributed by atoms with Crippen molar-refractivity contribution in [3.05, 3.63) is 58.8 Å². The fraction of sp³-hybridized carbons (Fsp3) is 0.312. The lowest BCUT2D eigenvalue weighted by Crippen LogP contribution is -2.27. The topological polar surface area (TPSA) is 81.5 Å². The summed E-state index contributed by atoms with van der Waals surface area (Å²) in [4.78, 5) is 19.1. The molecule has 1 aromatic carbocycles. The van der Waals surface area contributed by atoms with Gasteiger partial charge < -0.3 is 10.6 Å². The molecular formula is C16H18N6O. The van der Waals surface area contributed by atoms with Crippen LogP contribution >= 0.6 is 0 Å². The summed E-state index contributed by atoms with van der Waals surface area (Å²) in [6.07, 6.45) is 4.23. The molecule has 2 N–H and O–H groups in total. The van der Waals surface area contributed by atoms with Crippen LogP contribution in [0.3, 0.4) is 0 Å². The van der Waals surface area contributed by atoms with E-state index in [1.54, 1.807) is 16.8 Å². The number of hydrogen-bond donors (Lipinski definition) is 1. The van der Waals surface area contributed by atoms with Crippen LogP contribution in [0.5, 0.6) is 0 Å². The predicted octanol–water partition coefficient (Wildman–Crippen LogP) is 0.477. The average molecular weight is 310 g/mol. The normalized spacial score (nSPS) is 18.0. The fourth-order valence-corrected chi connectivity index (χ4v) is 3.00. The number of anilines is 1. The number of aromatic nitrogens is 4.